The fourth-order valence-electron chi connectivity index (χ4n) is 2.26. The van der Waals surface area contributed by atoms with Crippen LogP contribution in [0.5, 0.6) is 5.75 Å². The zero-order valence-corrected chi connectivity index (χ0v) is 11.5. The molecule has 0 aliphatic heterocycles. The van der Waals surface area contributed by atoms with Crippen LogP contribution in [0.2, 0.25) is 0 Å². The molecule has 4 nitrogen and oxygen atoms in total. The van der Waals surface area contributed by atoms with Crippen LogP contribution < -0.4 is 10.5 Å². The van der Waals surface area contributed by atoms with E-state index in [1.54, 1.807) is 13.3 Å². The van der Waals surface area contributed by atoms with Crippen LogP contribution in [-0.2, 0) is 13.0 Å². The summed E-state index contributed by atoms with van der Waals surface area (Å²) in [6.07, 6.45) is 3.58. The molecular weight excluding hydrogens is 238 g/mol. The molecule has 0 spiro atoms. The minimum atomic E-state index is -0.0578. The summed E-state index contributed by atoms with van der Waals surface area (Å²) >= 11 is 0. The maximum atomic E-state index is 6.30. The Morgan fingerprint density at radius 1 is 1.32 bits per heavy atom. The normalized spacial score (nSPS) is 12.4. The lowest BCUT2D eigenvalue weighted by Crippen LogP contribution is -2.17. The van der Waals surface area contributed by atoms with E-state index in [1.807, 2.05) is 10.7 Å². The van der Waals surface area contributed by atoms with Crippen molar-refractivity contribution < 1.29 is 4.74 Å². The molecule has 0 fully saturated rings. The molecule has 1 atom stereocenters. The predicted molar refractivity (Wildman–Crippen MR) is 76.1 cm³/mol. The molecule has 102 valence electrons. The minimum Gasteiger partial charge on any atom is -0.493 e. The van der Waals surface area contributed by atoms with Crippen molar-refractivity contribution in [3.8, 4) is 5.75 Å². The van der Waals surface area contributed by atoms with Crippen LogP contribution in [-0.4, -0.2) is 16.9 Å². The largest absolute Gasteiger partial charge is 0.493 e. The molecule has 0 saturated heterocycles. The third kappa shape index (κ3) is 3.15. The number of rotatable bonds is 6. The van der Waals surface area contributed by atoms with E-state index >= 15 is 0 Å². The SMILES string of the molecule is CCn1ncc(OC)c1C(N)CCc1ccccc1. The van der Waals surface area contributed by atoms with Crippen molar-refractivity contribution in [2.45, 2.75) is 32.4 Å². The highest BCUT2D eigenvalue weighted by molar-refractivity contribution is 5.28. The summed E-state index contributed by atoms with van der Waals surface area (Å²) in [4.78, 5) is 0. The average Bonchev–Trinajstić information content (AvgIpc) is 2.89. The molecule has 0 amide bonds. The van der Waals surface area contributed by atoms with Gasteiger partial charge in [0.25, 0.3) is 0 Å². The Balaban J connectivity index is 2.07. The van der Waals surface area contributed by atoms with Crippen LogP contribution in [0.1, 0.15) is 30.6 Å². The molecule has 19 heavy (non-hydrogen) atoms. The average molecular weight is 259 g/mol. The molecule has 1 aromatic carbocycles. The van der Waals surface area contributed by atoms with E-state index in [4.69, 9.17) is 10.5 Å². The second kappa shape index (κ2) is 6.38. The van der Waals surface area contributed by atoms with Crippen molar-refractivity contribution in [2.75, 3.05) is 7.11 Å². The fourth-order valence-corrected chi connectivity index (χ4v) is 2.26. The number of aryl methyl sites for hydroxylation is 2. The van der Waals surface area contributed by atoms with Crippen molar-refractivity contribution in [3.05, 3.63) is 47.8 Å². The lowest BCUT2D eigenvalue weighted by atomic mass is 10.0. The Labute approximate surface area is 114 Å². The zero-order valence-electron chi connectivity index (χ0n) is 11.5. The molecule has 4 heteroatoms. The number of benzene rings is 1. The van der Waals surface area contributed by atoms with Crippen molar-refractivity contribution in [1.29, 1.82) is 0 Å². The highest BCUT2D eigenvalue weighted by Gasteiger charge is 2.17. The highest BCUT2D eigenvalue weighted by Crippen LogP contribution is 2.26. The maximum absolute atomic E-state index is 6.30. The molecule has 1 unspecified atom stereocenters. The van der Waals surface area contributed by atoms with Crippen molar-refractivity contribution >= 4 is 0 Å². The topological polar surface area (TPSA) is 53.1 Å². The first-order chi connectivity index (χ1) is 9.26. The number of nitrogens with zero attached hydrogens (tertiary/aromatic N) is 2. The first kappa shape index (κ1) is 13.6. The van der Waals surface area contributed by atoms with Crippen LogP contribution in [0.4, 0.5) is 0 Å². The smallest absolute Gasteiger partial charge is 0.161 e. The van der Waals surface area contributed by atoms with Gasteiger partial charge in [-0.2, -0.15) is 5.10 Å². The van der Waals surface area contributed by atoms with Gasteiger partial charge < -0.3 is 10.5 Å². The van der Waals surface area contributed by atoms with Crippen LogP contribution in [0.3, 0.4) is 0 Å². The second-order valence-electron chi connectivity index (χ2n) is 4.54. The third-order valence-electron chi connectivity index (χ3n) is 3.30. The van der Waals surface area contributed by atoms with Gasteiger partial charge in [-0.1, -0.05) is 30.3 Å². The molecular formula is C15H21N3O. The highest BCUT2D eigenvalue weighted by atomic mass is 16.5. The number of aromatic nitrogens is 2. The Morgan fingerprint density at radius 2 is 2.05 bits per heavy atom. The number of hydrogen-bond donors (Lipinski definition) is 1. The molecule has 1 heterocycles. The first-order valence-corrected chi connectivity index (χ1v) is 6.65. The van der Waals surface area contributed by atoms with Gasteiger partial charge in [0, 0.05) is 6.54 Å². The van der Waals surface area contributed by atoms with Crippen LogP contribution in [0, 0.1) is 0 Å². The van der Waals surface area contributed by atoms with Gasteiger partial charge in [-0.3, -0.25) is 4.68 Å². The van der Waals surface area contributed by atoms with Gasteiger partial charge in [-0.05, 0) is 25.3 Å². The summed E-state index contributed by atoms with van der Waals surface area (Å²) in [7, 11) is 1.66. The van der Waals surface area contributed by atoms with Gasteiger partial charge in [0.05, 0.1) is 25.0 Å². The van der Waals surface area contributed by atoms with Crippen LogP contribution in [0.25, 0.3) is 0 Å². The molecule has 1 aromatic heterocycles. The van der Waals surface area contributed by atoms with Crippen molar-refractivity contribution in [1.82, 2.24) is 9.78 Å². The zero-order chi connectivity index (χ0) is 13.7. The Hall–Kier alpha value is -1.81. The Kier molecular flexibility index (Phi) is 4.58. The van der Waals surface area contributed by atoms with E-state index < -0.39 is 0 Å². The fraction of sp³-hybridized carbons (Fsp3) is 0.400. The molecule has 0 radical (unpaired) electrons. The monoisotopic (exact) mass is 259 g/mol. The van der Waals surface area contributed by atoms with Crippen LogP contribution in [0.15, 0.2) is 36.5 Å². The summed E-state index contributed by atoms with van der Waals surface area (Å²) in [6.45, 7) is 2.86. The van der Waals surface area contributed by atoms with Gasteiger partial charge >= 0.3 is 0 Å². The maximum Gasteiger partial charge on any atom is 0.161 e. The first-order valence-electron chi connectivity index (χ1n) is 6.65. The quantitative estimate of drug-likeness (QED) is 0.867. The van der Waals surface area contributed by atoms with E-state index in [-0.39, 0.29) is 6.04 Å². The molecule has 0 saturated carbocycles. The van der Waals surface area contributed by atoms with Crippen molar-refractivity contribution in [3.63, 3.8) is 0 Å². The number of ether oxygens (including phenoxy) is 1. The van der Waals surface area contributed by atoms with Gasteiger partial charge in [0.2, 0.25) is 0 Å². The van der Waals surface area contributed by atoms with Gasteiger partial charge in [0.15, 0.2) is 5.75 Å². The van der Waals surface area contributed by atoms with E-state index in [0.717, 1.165) is 30.8 Å². The summed E-state index contributed by atoms with van der Waals surface area (Å²) in [5, 5.41) is 4.29. The number of hydrogen-bond acceptors (Lipinski definition) is 3. The van der Waals surface area contributed by atoms with E-state index in [2.05, 4.69) is 36.3 Å². The van der Waals surface area contributed by atoms with Gasteiger partial charge in [-0.25, -0.2) is 0 Å². The van der Waals surface area contributed by atoms with E-state index in [9.17, 15) is 0 Å². The standard InChI is InChI=1S/C15H21N3O/c1-3-18-15(14(19-2)11-17-18)13(16)10-9-12-7-5-4-6-8-12/h4-8,11,13H,3,9-10,16H2,1-2H3. The number of nitrogens with two attached hydrogens (primary N) is 1. The predicted octanol–water partition coefficient (Wildman–Crippen LogP) is 2.54. The molecule has 0 aliphatic rings. The third-order valence-corrected chi connectivity index (χ3v) is 3.30. The number of methoxy groups -OCH3 is 1. The molecule has 2 N–H and O–H groups in total. The van der Waals surface area contributed by atoms with Gasteiger partial charge in [-0.15, -0.1) is 0 Å². The molecule has 0 bridgehead atoms. The summed E-state index contributed by atoms with van der Waals surface area (Å²) in [6, 6.07) is 10.3. The lowest BCUT2D eigenvalue weighted by molar-refractivity contribution is 0.399. The molecule has 2 rings (SSSR count). The van der Waals surface area contributed by atoms with E-state index in [1.165, 1.54) is 5.56 Å². The molecule has 2 aromatic rings. The second-order valence-corrected chi connectivity index (χ2v) is 4.54. The summed E-state index contributed by atoms with van der Waals surface area (Å²) < 4.78 is 7.25. The van der Waals surface area contributed by atoms with Crippen molar-refractivity contribution in [2.24, 2.45) is 5.73 Å². The summed E-state index contributed by atoms with van der Waals surface area (Å²) in [5.41, 5.74) is 8.59. The lowest BCUT2D eigenvalue weighted by Gasteiger charge is -2.15. The Bertz CT molecular complexity index is 486. The summed E-state index contributed by atoms with van der Waals surface area (Å²) in [5.74, 6) is 0.780. The minimum absolute atomic E-state index is 0.0578. The van der Waals surface area contributed by atoms with E-state index in [0.29, 0.717) is 0 Å². The van der Waals surface area contributed by atoms with Gasteiger partial charge in [0.1, 0.15) is 0 Å². The van der Waals surface area contributed by atoms with Crippen LogP contribution >= 0.6 is 0 Å². The Morgan fingerprint density at radius 3 is 2.68 bits per heavy atom. The molecule has 0 aliphatic carbocycles.